The molecule has 0 bridgehead atoms. The Kier molecular flexibility index (Phi) is 5.37. The van der Waals surface area contributed by atoms with Crippen LogP contribution in [0.3, 0.4) is 0 Å². The lowest BCUT2D eigenvalue weighted by atomic mass is 10.0. The Bertz CT molecular complexity index is 1200. The highest BCUT2D eigenvalue weighted by Crippen LogP contribution is 2.21. The van der Waals surface area contributed by atoms with Crippen molar-refractivity contribution in [2.24, 2.45) is 0 Å². The van der Waals surface area contributed by atoms with Crippen molar-refractivity contribution in [3.8, 4) is 16.9 Å². The molecule has 4 aromatic rings. The number of hydrogen-bond acceptors (Lipinski definition) is 5. The predicted molar refractivity (Wildman–Crippen MR) is 124 cm³/mol. The van der Waals surface area contributed by atoms with Crippen LogP contribution in [0.2, 0.25) is 0 Å². The molecule has 0 unspecified atom stereocenters. The highest BCUT2D eigenvalue weighted by molar-refractivity contribution is 5.95. The first-order valence-electron chi connectivity index (χ1n) is 10.7. The predicted octanol–water partition coefficient (Wildman–Crippen LogP) is 3.60. The number of rotatable bonds is 4. The lowest BCUT2D eigenvalue weighted by molar-refractivity contribution is 0.0746. The minimum atomic E-state index is 0.0715. The fourth-order valence-corrected chi connectivity index (χ4v) is 3.98. The smallest absolute Gasteiger partial charge is 0.253 e. The first kappa shape index (κ1) is 19.9. The Balaban J connectivity index is 1.25. The van der Waals surface area contributed by atoms with Gasteiger partial charge in [-0.2, -0.15) is 0 Å². The van der Waals surface area contributed by atoms with E-state index in [1.165, 1.54) is 0 Å². The van der Waals surface area contributed by atoms with E-state index in [9.17, 15) is 4.79 Å². The largest absolute Gasteiger partial charge is 0.353 e. The monoisotopic (exact) mass is 424 g/mol. The zero-order chi connectivity index (χ0) is 21.9. The SMILES string of the molecule is Cc1nc(N2CCN(C(=O)c3ccc(-c4ccccc4)cc3)CC2)cc(-n2ccnc2)n1. The molecule has 3 heterocycles. The number of carbonyl (C=O) groups is 1. The van der Waals surface area contributed by atoms with E-state index >= 15 is 0 Å². The Hall–Kier alpha value is -4.00. The van der Waals surface area contributed by atoms with Crippen LogP contribution in [0.1, 0.15) is 16.2 Å². The summed E-state index contributed by atoms with van der Waals surface area (Å²) in [5.74, 6) is 2.45. The second-order valence-corrected chi connectivity index (χ2v) is 7.82. The minimum absolute atomic E-state index is 0.0715. The molecule has 0 radical (unpaired) electrons. The summed E-state index contributed by atoms with van der Waals surface area (Å²) in [6.07, 6.45) is 5.32. The van der Waals surface area contributed by atoms with Crippen LogP contribution in [0.15, 0.2) is 79.4 Å². The number of anilines is 1. The molecule has 32 heavy (non-hydrogen) atoms. The molecule has 5 rings (SSSR count). The summed E-state index contributed by atoms with van der Waals surface area (Å²) in [6.45, 7) is 4.66. The zero-order valence-corrected chi connectivity index (χ0v) is 17.9. The zero-order valence-electron chi connectivity index (χ0n) is 17.9. The summed E-state index contributed by atoms with van der Waals surface area (Å²) in [5, 5.41) is 0. The van der Waals surface area contributed by atoms with Crippen LogP contribution < -0.4 is 4.90 Å². The van der Waals surface area contributed by atoms with E-state index < -0.39 is 0 Å². The minimum Gasteiger partial charge on any atom is -0.353 e. The third-order valence-corrected chi connectivity index (χ3v) is 5.71. The standard InChI is InChI=1S/C25H24N6O/c1-19-27-23(17-24(28-19)31-12-11-26-18-31)29-13-15-30(16-14-29)25(32)22-9-7-21(8-10-22)20-5-3-2-4-6-20/h2-12,17-18H,13-16H2,1H3. The van der Waals surface area contributed by atoms with E-state index in [2.05, 4.69) is 32.0 Å². The fourth-order valence-electron chi connectivity index (χ4n) is 3.98. The van der Waals surface area contributed by atoms with E-state index in [0.29, 0.717) is 18.9 Å². The number of piperazine rings is 1. The van der Waals surface area contributed by atoms with Gasteiger partial charge < -0.3 is 9.80 Å². The van der Waals surface area contributed by atoms with Crippen molar-refractivity contribution in [1.82, 2.24) is 24.4 Å². The van der Waals surface area contributed by atoms with Crippen LogP contribution in [-0.2, 0) is 0 Å². The van der Waals surface area contributed by atoms with Gasteiger partial charge in [-0.3, -0.25) is 9.36 Å². The average Bonchev–Trinajstić information content (AvgIpc) is 3.39. The van der Waals surface area contributed by atoms with Gasteiger partial charge in [0, 0.05) is 50.2 Å². The lowest BCUT2D eigenvalue weighted by Gasteiger charge is -2.35. The molecule has 0 saturated carbocycles. The van der Waals surface area contributed by atoms with Gasteiger partial charge in [0.2, 0.25) is 0 Å². The van der Waals surface area contributed by atoms with Crippen LogP contribution in [0.4, 0.5) is 5.82 Å². The first-order chi connectivity index (χ1) is 15.7. The van der Waals surface area contributed by atoms with Gasteiger partial charge in [0.05, 0.1) is 0 Å². The van der Waals surface area contributed by atoms with Crippen molar-refractivity contribution in [3.63, 3.8) is 0 Å². The van der Waals surface area contributed by atoms with Crippen molar-refractivity contribution in [3.05, 3.63) is 90.8 Å². The molecule has 160 valence electrons. The number of hydrogen-bond donors (Lipinski definition) is 0. The average molecular weight is 425 g/mol. The Labute approximate surface area is 187 Å². The fraction of sp³-hybridized carbons (Fsp3) is 0.200. The van der Waals surface area contributed by atoms with Gasteiger partial charge in [-0.15, -0.1) is 0 Å². The molecule has 2 aromatic heterocycles. The van der Waals surface area contributed by atoms with E-state index in [4.69, 9.17) is 0 Å². The van der Waals surface area contributed by atoms with Gasteiger partial charge in [-0.25, -0.2) is 15.0 Å². The van der Waals surface area contributed by atoms with Gasteiger partial charge in [0.1, 0.15) is 23.8 Å². The summed E-state index contributed by atoms with van der Waals surface area (Å²) in [4.78, 5) is 30.4. The molecule has 1 saturated heterocycles. The van der Waals surface area contributed by atoms with Gasteiger partial charge in [0.25, 0.3) is 5.91 Å². The Morgan fingerprint density at radius 2 is 1.53 bits per heavy atom. The van der Waals surface area contributed by atoms with Gasteiger partial charge in [-0.05, 0) is 30.2 Å². The molecule has 2 aromatic carbocycles. The molecule has 0 atom stereocenters. The van der Waals surface area contributed by atoms with E-state index in [1.807, 2.05) is 71.1 Å². The Morgan fingerprint density at radius 1 is 0.844 bits per heavy atom. The molecule has 1 amide bonds. The molecule has 1 aliphatic rings. The summed E-state index contributed by atoms with van der Waals surface area (Å²) in [6, 6.07) is 20.0. The molecule has 1 fully saturated rings. The number of aryl methyl sites for hydroxylation is 1. The van der Waals surface area contributed by atoms with Gasteiger partial charge in [0.15, 0.2) is 0 Å². The number of imidazole rings is 1. The molecular weight excluding hydrogens is 400 g/mol. The van der Waals surface area contributed by atoms with Crippen molar-refractivity contribution in [2.75, 3.05) is 31.1 Å². The van der Waals surface area contributed by atoms with E-state index in [0.717, 1.165) is 41.4 Å². The maximum Gasteiger partial charge on any atom is 0.253 e. The van der Waals surface area contributed by atoms with Gasteiger partial charge >= 0.3 is 0 Å². The first-order valence-corrected chi connectivity index (χ1v) is 10.7. The van der Waals surface area contributed by atoms with Crippen LogP contribution >= 0.6 is 0 Å². The molecule has 7 nitrogen and oxygen atoms in total. The van der Waals surface area contributed by atoms with Crippen LogP contribution in [0.5, 0.6) is 0 Å². The van der Waals surface area contributed by atoms with Crippen molar-refractivity contribution in [2.45, 2.75) is 6.92 Å². The number of aromatic nitrogens is 4. The third-order valence-electron chi connectivity index (χ3n) is 5.71. The molecular formula is C25H24N6O. The van der Waals surface area contributed by atoms with Crippen molar-refractivity contribution < 1.29 is 4.79 Å². The second kappa shape index (κ2) is 8.63. The lowest BCUT2D eigenvalue weighted by Crippen LogP contribution is -2.49. The second-order valence-electron chi connectivity index (χ2n) is 7.82. The highest BCUT2D eigenvalue weighted by atomic mass is 16.2. The summed E-state index contributed by atoms with van der Waals surface area (Å²) in [7, 11) is 0. The maximum atomic E-state index is 13.0. The third kappa shape index (κ3) is 4.09. The summed E-state index contributed by atoms with van der Waals surface area (Å²) >= 11 is 0. The quantitative estimate of drug-likeness (QED) is 0.501. The molecule has 0 N–H and O–H groups in total. The molecule has 7 heteroatoms. The van der Waals surface area contributed by atoms with Crippen molar-refractivity contribution in [1.29, 1.82) is 0 Å². The number of amides is 1. The topological polar surface area (TPSA) is 67.2 Å². The number of benzene rings is 2. The highest BCUT2D eigenvalue weighted by Gasteiger charge is 2.23. The van der Waals surface area contributed by atoms with Crippen molar-refractivity contribution >= 4 is 11.7 Å². The van der Waals surface area contributed by atoms with E-state index in [1.54, 1.807) is 12.5 Å². The number of nitrogens with zero attached hydrogens (tertiary/aromatic N) is 6. The Morgan fingerprint density at radius 3 is 2.22 bits per heavy atom. The van der Waals surface area contributed by atoms with Crippen LogP contribution in [-0.4, -0.2) is 56.5 Å². The summed E-state index contributed by atoms with van der Waals surface area (Å²) in [5.41, 5.74) is 2.98. The normalized spacial score (nSPS) is 13.9. The van der Waals surface area contributed by atoms with E-state index in [-0.39, 0.29) is 5.91 Å². The molecule has 0 aliphatic carbocycles. The van der Waals surface area contributed by atoms with Crippen LogP contribution in [0, 0.1) is 6.92 Å². The van der Waals surface area contributed by atoms with Crippen LogP contribution in [0.25, 0.3) is 16.9 Å². The molecule has 1 aliphatic heterocycles. The summed E-state index contributed by atoms with van der Waals surface area (Å²) < 4.78 is 1.87. The molecule has 0 spiro atoms. The number of carbonyl (C=O) groups excluding carboxylic acids is 1. The van der Waals surface area contributed by atoms with Gasteiger partial charge in [-0.1, -0.05) is 42.5 Å². The maximum absolute atomic E-state index is 13.0.